The Morgan fingerprint density at radius 2 is 2.15 bits per heavy atom. The molecule has 0 aliphatic carbocycles. The molecule has 1 aromatic carbocycles. The molecule has 2 nitrogen and oxygen atoms in total. The maximum atomic E-state index is 13.2. The molecule has 3 aromatic rings. The molecule has 0 aliphatic rings. The number of nitrogens with one attached hydrogen (secondary N) is 1. The fraction of sp³-hybridized carbons (Fsp3) is 0.200. The Balaban J connectivity index is 1.79. The quantitative estimate of drug-likeness (QED) is 0.546. The van der Waals surface area contributed by atoms with Crippen molar-refractivity contribution in [1.82, 2.24) is 5.43 Å². The summed E-state index contributed by atoms with van der Waals surface area (Å²) in [4.78, 5) is 2.52. The van der Waals surface area contributed by atoms with Crippen LogP contribution in [0.3, 0.4) is 0 Å². The first-order valence-corrected chi connectivity index (χ1v) is 8.13. The number of hydrazine groups is 1. The molecule has 5 heteroatoms. The lowest BCUT2D eigenvalue weighted by Gasteiger charge is -2.13. The molecule has 1 atom stereocenters. The van der Waals surface area contributed by atoms with Crippen molar-refractivity contribution in [2.45, 2.75) is 18.9 Å². The second kappa shape index (κ2) is 6.01. The molecule has 0 saturated heterocycles. The average molecular weight is 306 g/mol. The first-order chi connectivity index (χ1) is 9.76. The van der Waals surface area contributed by atoms with Crippen molar-refractivity contribution in [3.63, 3.8) is 0 Å². The smallest absolute Gasteiger partial charge is 0.123 e. The van der Waals surface area contributed by atoms with Gasteiger partial charge in [0.25, 0.3) is 0 Å². The minimum absolute atomic E-state index is 0.109. The molecule has 104 valence electrons. The standard InChI is InChI=1S/C15H15FN2S2/c16-11-3-6-14-10(8-11)9-15(20-14)13(18-17)5-4-12-2-1-7-19-12/h1-3,6-9,13,18H,4-5,17H2. The van der Waals surface area contributed by atoms with Gasteiger partial charge in [0.1, 0.15) is 5.82 Å². The summed E-state index contributed by atoms with van der Waals surface area (Å²) in [6, 6.07) is 11.2. The van der Waals surface area contributed by atoms with Crippen LogP contribution >= 0.6 is 22.7 Å². The van der Waals surface area contributed by atoms with E-state index in [0.717, 1.165) is 27.8 Å². The van der Waals surface area contributed by atoms with Crippen molar-refractivity contribution in [2.75, 3.05) is 0 Å². The van der Waals surface area contributed by atoms with Crippen LogP contribution in [0.2, 0.25) is 0 Å². The third-order valence-electron chi connectivity index (χ3n) is 3.30. The topological polar surface area (TPSA) is 38.0 Å². The van der Waals surface area contributed by atoms with E-state index in [1.165, 1.54) is 10.9 Å². The Labute approximate surface area is 125 Å². The molecule has 3 rings (SSSR count). The van der Waals surface area contributed by atoms with Crippen LogP contribution in [0.5, 0.6) is 0 Å². The van der Waals surface area contributed by atoms with Crippen molar-refractivity contribution in [3.05, 3.63) is 57.3 Å². The maximum absolute atomic E-state index is 13.2. The van der Waals surface area contributed by atoms with Crippen LogP contribution in [-0.2, 0) is 6.42 Å². The van der Waals surface area contributed by atoms with Gasteiger partial charge in [-0.1, -0.05) is 6.07 Å². The first-order valence-electron chi connectivity index (χ1n) is 6.44. The average Bonchev–Trinajstić information content (AvgIpc) is 3.08. The van der Waals surface area contributed by atoms with E-state index in [4.69, 9.17) is 5.84 Å². The largest absolute Gasteiger partial charge is 0.271 e. The molecule has 3 N–H and O–H groups in total. The SMILES string of the molecule is NNC(CCc1cccs1)c1cc2cc(F)ccc2s1. The van der Waals surface area contributed by atoms with Gasteiger partial charge in [-0.15, -0.1) is 22.7 Å². The second-order valence-electron chi connectivity index (χ2n) is 4.67. The van der Waals surface area contributed by atoms with Crippen LogP contribution in [0.4, 0.5) is 4.39 Å². The number of hydrogen-bond donors (Lipinski definition) is 2. The van der Waals surface area contributed by atoms with E-state index < -0.39 is 0 Å². The molecule has 0 aliphatic heterocycles. The van der Waals surface area contributed by atoms with Gasteiger partial charge in [0.05, 0.1) is 6.04 Å². The van der Waals surface area contributed by atoms with Crippen molar-refractivity contribution < 1.29 is 4.39 Å². The molecule has 20 heavy (non-hydrogen) atoms. The van der Waals surface area contributed by atoms with Crippen molar-refractivity contribution >= 4 is 32.8 Å². The summed E-state index contributed by atoms with van der Waals surface area (Å²) in [6.07, 6.45) is 1.93. The summed E-state index contributed by atoms with van der Waals surface area (Å²) in [5, 5.41) is 3.03. The number of halogens is 1. The third kappa shape index (κ3) is 2.91. The minimum Gasteiger partial charge on any atom is -0.271 e. The lowest BCUT2D eigenvalue weighted by molar-refractivity contribution is 0.526. The van der Waals surface area contributed by atoms with E-state index in [1.54, 1.807) is 28.7 Å². The molecule has 0 radical (unpaired) electrons. The Hall–Kier alpha value is -1.27. The van der Waals surface area contributed by atoms with E-state index >= 15 is 0 Å². The van der Waals surface area contributed by atoms with Crippen molar-refractivity contribution in [1.29, 1.82) is 0 Å². The highest BCUT2D eigenvalue weighted by atomic mass is 32.1. The summed E-state index contributed by atoms with van der Waals surface area (Å²) >= 11 is 3.43. The van der Waals surface area contributed by atoms with Crippen LogP contribution in [-0.4, -0.2) is 0 Å². The van der Waals surface area contributed by atoms with Crippen LogP contribution in [0.1, 0.15) is 22.2 Å². The highest BCUT2D eigenvalue weighted by molar-refractivity contribution is 7.19. The maximum Gasteiger partial charge on any atom is 0.123 e. The lowest BCUT2D eigenvalue weighted by atomic mass is 10.1. The van der Waals surface area contributed by atoms with E-state index in [1.807, 2.05) is 12.1 Å². The molecule has 1 unspecified atom stereocenters. The minimum atomic E-state index is -0.197. The number of nitrogens with two attached hydrogens (primary N) is 1. The Bertz CT molecular complexity index is 691. The zero-order valence-corrected chi connectivity index (χ0v) is 12.4. The monoisotopic (exact) mass is 306 g/mol. The van der Waals surface area contributed by atoms with Gasteiger partial charge in [-0.05, 0) is 53.9 Å². The Morgan fingerprint density at radius 3 is 2.90 bits per heavy atom. The Morgan fingerprint density at radius 1 is 1.25 bits per heavy atom. The van der Waals surface area contributed by atoms with Crippen LogP contribution in [0.25, 0.3) is 10.1 Å². The third-order valence-corrected chi connectivity index (χ3v) is 5.47. The van der Waals surface area contributed by atoms with Crippen LogP contribution < -0.4 is 11.3 Å². The number of aryl methyl sites for hydroxylation is 1. The van der Waals surface area contributed by atoms with Gasteiger partial charge in [-0.25, -0.2) is 4.39 Å². The zero-order chi connectivity index (χ0) is 13.9. The highest BCUT2D eigenvalue weighted by Gasteiger charge is 2.13. The number of benzene rings is 1. The van der Waals surface area contributed by atoms with E-state index in [-0.39, 0.29) is 11.9 Å². The summed E-state index contributed by atoms with van der Waals surface area (Å²) in [7, 11) is 0. The number of thiophene rings is 2. The van der Waals surface area contributed by atoms with Gasteiger partial charge >= 0.3 is 0 Å². The predicted molar refractivity (Wildman–Crippen MR) is 84.5 cm³/mol. The molecule has 2 heterocycles. The highest BCUT2D eigenvalue weighted by Crippen LogP contribution is 2.32. The summed E-state index contributed by atoms with van der Waals surface area (Å²) in [5.74, 6) is 5.49. The number of hydrogen-bond acceptors (Lipinski definition) is 4. The van der Waals surface area contributed by atoms with Gasteiger partial charge in [-0.2, -0.15) is 0 Å². The van der Waals surface area contributed by atoms with Gasteiger partial charge in [-0.3, -0.25) is 11.3 Å². The fourth-order valence-electron chi connectivity index (χ4n) is 2.26. The molecule has 2 aromatic heterocycles. The number of rotatable bonds is 5. The molecule has 0 fully saturated rings. The van der Waals surface area contributed by atoms with Gasteiger partial charge in [0.15, 0.2) is 0 Å². The van der Waals surface area contributed by atoms with Crippen LogP contribution in [0, 0.1) is 5.82 Å². The van der Waals surface area contributed by atoms with E-state index in [0.29, 0.717) is 0 Å². The molecular formula is C15H15FN2S2. The van der Waals surface area contributed by atoms with E-state index in [9.17, 15) is 4.39 Å². The summed E-state index contributed by atoms with van der Waals surface area (Å²) in [5.41, 5.74) is 2.88. The Kier molecular flexibility index (Phi) is 4.12. The number of fused-ring (bicyclic) bond motifs is 1. The molecule has 0 saturated carbocycles. The molecule has 0 amide bonds. The normalized spacial score (nSPS) is 12.9. The molecular weight excluding hydrogens is 291 g/mol. The van der Waals surface area contributed by atoms with E-state index in [2.05, 4.69) is 22.9 Å². The summed E-state index contributed by atoms with van der Waals surface area (Å²) in [6.45, 7) is 0. The van der Waals surface area contributed by atoms with Gasteiger partial charge in [0.2, 0.25) is 0 Å². The molecule has 0 bridgehead atoms. The van der Waals surface area contributed by atoms with Crippen molar-refractivity contribution in [2.24, 2.45) is 5.84 Å². The van der Waals surface area contributed by atoms with Gasteiger partial charge < -0.3 is 0 Å². The lowest BCUT2D eigenvalue weighted by Crippen LogP contribution is -2.27. The van der Waals surface area contributed by atoms with Crippen molar-refractivity contribution in [3.8, 4) is 0 Å². The van der Waals surface area contributed by atoms with Crippen LogP contribution in [0.15, 0.2) is 41.8 Å². The second-order valence-corrected chi connectivity index (χ2v) is 6.82. The van der Waals surface area contributed by atoms with Gasteiger partial charge in [0, 0.05) is 14.5 Å². The zero-order valence-electron chi connectivity index (χ0n) is 10.8. The summed E-state index contributed by atoms with van der Waals surface area (Å²) < 4.78 is 14.3. The predicted octanol–water partition coefficient (Wildman–Crippen LogP) is 4.24. The first kappa shape index (κ1) is 13.7. The fourth-order valence-corrected chi connectivity index (χ4v) is 4.12. The molecule has 0 spiro atoms.